The summed E-state index contributed by atoms with van der Waals surface area (Å²) >= 11 is 0. The van der Waals surface area contributed by atoms with Crippen LogP contribution in [0.1, 0.15) is 15.9 Å². The molecule has 0 saturated carbocycles. The van der Waals surface area contributed by atoms with Crippen molar-refractivity contribution in [1.82, 2.24) is 9.62 Å². The van der Waals surface area contributed by atoms with Crippen LogP contribution in [0, 0.1) is 11.6 Å². The molecule has 0 spiro atoms. The number of amides is 1. The number of esters is 1. The Morgan fingerprint density at radius 3 is 2.32 bits per heavy atom. The van der Waals surface area contributed by atoms with E-state index in [-0.39, 0.29) is 11.4 Å². The summed E-state index contributed by atoms with van der Waals surface area (Å²) in [6, 6.07) is 8.14. The van der Waals surface area contributed by atoms with E-state index in [0.717, 1.165) is 22.5 Å². The van der Waals surface area contributed by atoms with Gasteiger partial charge in [-0.25, -0.2) is 26.3 Å². The van der Waals surface area contributed by atoms with Crippen LogP contribution in [0.15, 0.2) is 47.4 Å². The van der Waals surface area contributed by atoms with E-state index in [1.165, 1.54) is 38.4 Å². The molecule has 1 amide bonds. The SMILES string of the molecule is CN(C)S(=O)(=O)c1ccc(F)c(C(=O)OCC(=O)NCc2ccc(F)cc2)c1. The van der Waals surface area contributed by atoms with Crippen LogP contribution in [-0.2, 0) is 26.1 Å². The highest BCUT2D eigenvalue weighted by Crippen LogP contribution is 2.18. The van der Waals surface area contributed by atoms with Gasteiger partial charge in [0.2, 0.25) is 10.0 Å². The molecule has 0 heterocycles. The first kappa shape index (κ1) is 21.5. The summed E-state index contributed by atoms with van der Waals surface area (Å²) in [5.41, 5.74) is 0.0305. The second-order valence-corrected chi connectivity index (χ2v) is 8.06. The molecule has 0 aliphatic heterocycles. The summed E-state index contributed by atoms with van der Waals surface area (Å²) in [5, 5.41) is 2.46. The Morgan fingerprint density at radius 2 is 1.71 bits per heavy atom. The average Bonchev–Trinajstić information content (AvgIpc) is 2.65. The zero-order valence-electron chi connectivity index (χ0n) is 15.1. The number of nitrogens with zero attached hydrogens (tertiary/aromatic N) is 1. The number of carbonyl (C=O) groups excluding carboxylic acids is 2. The van der Waals surface area contributed by atoms with Crippen molar-refractivity contribution in [2.24, 2.45) is 0 Å². The van der Waals surface area contributed by atoms with Crippen LogP contribution < -0.4 is 5.32 Å². The van der Waals surface area contributed by atoms with E-state index in [2.05, 4.69) is 5.32 Å². The number of halogens is 2. The molecule has 28 heavy (non-hydrogen) atoms. The van der Waals surface area contributed by atoms with Crippen LogP contribution in [0.2, 0.25) is 0 Å². The highest BCUT2D eigenvalue weighted by molar-refractivity contribution is 7.89. The van der Waals surface area contributed by atoms with Crippen LogP contribution >= 0.6 is 0 Å². The van der Waals surface area contributed by atoms with E-state index < -0.39 is 45.7 Å². The number of nitrogens with one attached hydrogen (secondary N) is 1. The van der Waals surface area contributed by atoms with E-state index >= 15 is 0 Å². The molecule has 10 heteroatoms. The number of hydrogen-bond donors (Lipinski definition) is 1. The number of carbonyl (C=O) groups is 2. The summed E-state index contributed by atoms with van der Waals surface area (Å²) in [4.78, 5) is 23.5. The van der Waals surface area contributed by atoms with Crippen molar-refractivity contribution < 1.29 is 31.5 Å². The van der Waals surface area contributed by atoms with Crippen LogP contribution in [0.3, 0.4) is 0 Å². The molecular formula is C18H18F2N2O5S. The lowest BCUT2D eigenvalue weighted by atomic mass is 10.2. The quantitative estimate of drug-likeness (QED) is 0.699. The van der Waals surface area contributed by atoms with Crippen molar-refractivity contribution >= 4 is 21.9 Å². The standard InChI is InChI=1S/C18H18F2N2O5S/c1-22(2)28(25,26)14-7-8-16(20)15(9-14)18(24)27-11-17(23)21-10-12-3-5-13(19)6-4-12/h3-9H,10-11H2,1-2H3,(H,21,23). The third kappa shape index (κ3) is 5.33. The van der Waals surface area contributed by atoms with Gasteiger partial charge in [-0.1, -0.05) is 12.1 Å². The smallest absolute Gasteiger partial charge is 0.341 e. The van der Waals surface area contributed by atoms with Crippen LogP contribution in [0.5, 0.6) is 0 Å². The summed E-state index contributed by atoms with van der Waals surface area (Å²) < 4.78 is 56.6. The maximum atomic E-state index is 13.9. The fourth-order valence-electron chi connectivity index (χ4n) is 2.09. The number of benzene rings is 2. The Hall–Kier alpha value is -2.85. The van der Waals surface area contributed by atoms with E-state index in [1.807, 2.05) is 0 Å². The van der Waals surface area contributed by atoms with Gasteiger partial charge in [-0.3, -0.25) is 4.79 Å². The van der Waals surface area contributed by atoms with Crippen LogP contribution in [-0.4, -0.2) is 45.3 Å². The Balaban J connectivity index is 1.98. The van der Waals surface area contributed by atoms with Gasteiger partial charge in [0.15, 0.2) is 6.61 Å². The third-order valence-corrected chi connectivity index (χ3v) is 5.48. The fourth-order valence-corrected chi connectivity index (χ4v) is 3.02. The average molecular weight is 412 g/mol. The molecule has 150 valence electrons. The largest absolute Gasteiger partial charge is 0.452 e. The first-order valence-corrected chi connectivity index (χ1v) is 9.45. The van der Waals surface area contributed by atoms with Gasteiger partial charge in [-0.05, 0) is 35.9 Å². The predicted molar refractivity (Wildman–Crippen MR) is 95.8 cm³/mol. The third-order valence-electron chi connectivity index (χ3n) is 3.67. The van der Waals surface area contributed by atoms with Crippen LogP contribution in [0.25, 0.3) is 0 Å². The first-order chi connectivity index (χ1) is 13.1. The highest BCUT2D eigenvalue weighted by Gasteiger charge is 2.22. The van der Waals surface area contributed by atoms with Gasteiger partial charge >= 0.3 is 5.97 Å². The summed E-state index contributed by atoms with van der Waals surface area (Å²) in [5.74, 6) is -3.22. The van der Waals surface area contributed by atoms with Crippen molar-refractivity contribution in [2.75, 3.05) is 20.7 Å². The maximum absolute atomic E-state index is 13.9. The molecule has 0 fully saturated rings. The Morgan fingerprint density at radius 1 is 1.07 bits per heavy atom. The minimum absolute atomic E-state index is 0.0849. The lowest BCUT2D eigenvalue weighted by Crippen LogP contribution is -2.28. The molecule has 0 aliphatic rings. The Bertz CT molecular complexity index is 976. The van der Waals surface area contributed by atoms with E-state index in [1.54, 1.807) is 0 Å². The number of hydrogen-bond acceptors (Lipinski definition) is 5. The zero-order chi connectivity index (χ0) is 20.9. The molecule has 0 bridgehead atoms. The van der Waals surface area contributed by atoms with E-state index in [0.29, 0.717) is 5.56 Å². The molecular weight excluding hydrogens is 394 g/mol. The minimum Gasteiger partial charge on any atom is -0.452 e. The second-order valence-electron chi connectivity index (χ2n) is 5.91. The van der Waals surface area contributed by atoms with Gasteiger partial charge in [0.25, 0.3) is 5.91 Å². The highest BCUT2D eigenvalue weighted by atomic mass is 32.2. The fraction of sp³-hybridized carbons (Fsp3) is 0.222. The summed E-state index contributed by atoms with van der Waals surface area (Å²) in [6.07, 6.45) is 0. The molecule has 0 atom stereocenters. The summed E-state index contributed by atoms with van der Waals surface area (Å²) in [6.45, 7) is -0.605. The van der Waals surface area contributed by atoms with E-state index in [4.69, 9.17) is 4.74 Å². The van der Waals surface area contributed by atoms with Gasteiger partial charge in [-0.15, -0.1) is 0 Å². The molecule has 0 saturated heterocycles. The summed E-state index contributed by atoms with van der Waals surface area (Å²) in [7, 11) is -1.28. The molecule has 0 unspecified atom stereocenters. The molecule has 0 aliphatic carbocycles. The number of sulfonamides is 1. The van der Waals surface area contributed by atoms with Gasteiger partial charge in [0, 0.05) is 20.6 Å². The van der Waals surface area contributed by atoms with Gasteiger partial charge in [0.1, 0.15) is 11.6 Å². The number of ether oxygens (including phenoxy) is 1. The molecule has 2 rings (SSSR count). The first-order valence-electron chi connectivity index (χ1n) is 8.01. The lowest BCUT2D eigenvalue weighted by molar-refractivity contribution is -0.124. The van der Waals surface area contributed by atoms with E-state index in [9.17, 15) is 26.8 Å². The van der Waals surface area contributed by atoms with Crippen molar-refractivity contribution in [3.63, 3.8) is 0 Å². The van der Waals surface area contributed by atoms with Gasteiger partial charge in [-0.2, -0.15) is 0 Å². The normalized spacial score (nSPS) is 11.3. The lowest BCUT2D eigenvalue weighted by Gasteiger charge is -2.12. The van der Waals surface area contributed by atoms with Crippen molar-refractivity contribution in [1.29, 1.82) is 0 Å². The van der Waals surface area contributed by atoms with Gasteiger partial charge in [0.05, 0.1) is 10.5 Å². The topological polar surface area (TPSA) is 92.8 Å². The molecule has 2 aromatic rings. The van der Waals surface area contributed by atoms with Crippen molar-refractivity contribution in [3.05, 3.63) is 65.2 Å². The predicted octanol–water partition coefficient (Wildman–Crippen LogP) is 1.69. The molecule has 2 aromatic carbocycles. The maximum Gasteiger partial charge on any atom is 0.341 e. The molecule has 0 aromatic heterocycles. The Kier molecular flexibility index (Phi) is 6.81. The number of rotatable bonds is 7. The van der Waals surface area contributed by atoms with Gasteiger partial charge < -0.3 is 10.1 Å². The van der Waals surface area contributed by atoms with Crippen molar-refractivity contribution in [3.8, 4) is 0 Å². The Labute approximate surface area is 161 Å². The molecule has 7 nitrogen and oxygen atoms in total. The molecule has 0 radical (unpaired) electrons. The second kappa shape index (κ2) is 8.89. The van der Waals surface area contributed by atoms with Crippen LogP contribution in [0.4, 0.5) is 8.78 Å². The zero-order valence-corrected chi connectivity index (χ0v) is 15.9. The van der Waals surface area contributed by atoms with Crippen molar-refractivity contribution in [2.45, 2.75) is 11.4 Å². The molecule has 1 N–H and O–H groups in total. The monoisotopic (exact) mass is 412 g/mol. The minimum atomic E-state index is -3.87.